The third kappa shape index (κ3) is 3.39. The van der Waals surface area contributed by atoms with Crippen LogP contribution < -0.4 is 5.32 Å². The molecule has 1 amide bonds. The van der Waals surface area contributed by atoms with Crippen LogP contribution in [-0.2, 0) is 11.0 Å². The summed E-state index contributed by atoms with van der Waals surface area (Å²) in [5.41, 5.74) is -0.792. The van der Waals surface area contributed by atoms with E-state index in [0.29, 0.717) is 5.69 Å². The van der Waals surface area contributed by atoms with Crippen LogP contribution in [0.1, 0.15) is 63.4 Å². The van der Waals surface area contributed by atoms with Crippen molar-refractivity contribution in [2.45, 2.75) is 64.2 Å². The summed E-state index contributed by atoms with van der Waals surface area (Å²) in [6, 6.07) is -0.884. The maximum atomic E-state index is 13.0. The molecular formula is C14H19ClF3N3O. The van der Waals surface area contributed by atoms with Gasteiger partial charge in [0.2, 0.25) is 5.91 Å². The van der Waals surface area contributed by atoms with E-state index in [-0.39, 0.29) is 22.9 Å². The SMILES string of the molecule is CC[C@H](C)NC(=O)[C@H](C)n1nc(C(F)(F)F)c(Cl)c1C1CC1. The molecule has 1 aliphatic rings. The number of hydrogen-bond donors (Lipinski definition) is 1. The second kappa shape index (κ2) is 6.10. The zero-order valence-corrected chi connectivity index (χ0v) is 13.4. The first kappa shape index (κ1) is 17.1. The Morgan fingerprint density at radius 3 is 2.50 bits per heavy atom. The molecule has 1 aromatic heterocycles. The normalized spacial score (nSPS) is 18.1. The lowest BCUT2D eigenvalue weighted by atomic mass is 10.2. The van der Waals surface area contributed by atoms with Crippen LogP contribution in [-0.4, -0.2) is 21.7 Å². The van der Waals surface area contributed by atoms with Gasteiger partial charge in [0.1, 0.15) is 6.04 Å². The van der Waals surface area contributed by atoms with Gasteiger partial charge in [-0.2, -0.15) is 18.3 Å². The van der Waals surface area contributed by atoms with Crippen molar-refractivity contribution in [3.05, 3.63) is 16.4 Å². The molecule has 0 aliphatic heterocycles. The second-order valence-electron chi connectivity index (χ2n) is 5.76. The third-order valence-corrected chi connectivity index (χ3v) is 4.24. The molecule has 1 aliphatic carbocycles. The topological polar surface area (TPSA) is 46.9 Å². The molecule has 124 valence electrons. The highest BCUT2D eigenvalue weighted by Gasteiger charge is 2.43. The number of nitrogens with zero attached hydrogens (tertiary/aromatic N) is 2. The van der Waals surface area contributed by atoms with Crippen LogP contribution in [0.15, 0.2) is 0 Å². The summed E-state index contributed by atoms with van der Waals surface area (Å²) in [6.07, 6.45) is -2.36. The molecule has 0 radical (unpaired) electrons. The minimum Gasteiger partial charge on any atom is -0.352 e. The minimum absolute atomic E-state index is 0.0463. The van der Waals surface area contributed by atoms with Crippen molar-refractivity contribution in [2.24, 2.45) is 0 Å². The number of nitrogens with one attached hydrogen (secondary N) is 1. The van der Waals surface area contributed by atoms with E-state index >= 15 is 0 Å². The number of hydrogen-bond acceptors (Lipinski definition) is 2. The van der Waals surface area contributed by atoms with E-state index < -0.39 is 17.9 Å². The van der Waals surface area contributed by atoms with Gasteiger partial charge in [-0.3, -0.25) is 9.48 Å². The van der Waals surface area contributed by atoms with Crippen LogP contribution in [0.4, 0.5) is 13.2 Å². The van der Waals surface area contributed by atoms with E-state index in [1.807, 2.05) is 13.8 Å². The number of alkyl halides is 3. The van der Waals surface area contributed by atoms with Gasteiger partial charge < -0.3 is 5.32 Å². The van der Waals surface area contributed by atoms with E-state index in [4.69, 9.17) is 11.6 Å². The quantitative estimate of drug-likeness (QED) is 0.885. The van der Waals surface area contributed by atoms with Gasteiger partial charge >= 0.3 is 6.18 Å². The molecule has 1 aromatic rings. The smallest absolute Gasteiger partial charge is 0.352 e. The highest BCUT2D eigenvalue weighted by Crippen LogP contribution is 2.47. The number of aromatic nitrogens is 2. The summed E-state index contributed by atoms with van der Waals surface area (Å²) in [4.78, 5) is 12.2. The Morgan fingerprint density at radius 2 is 2.05 bits per heavy atom. The van der Waals surface area contributed by atoms with Crippen LogP contribution in [0.3, 0.4) is 0 Å². The Morgan fingerprint density at radius 1 is 1.45 bits per heavy atom. The molecule has 1 N–H and O–H groups in total. The largest absolute Gasteiger partial charge is 0.436 e. The fourth-order valence-corrected chi connectivity index (χ4v) is 2.59. The molecular weight excluding hydrogens is 319 g/mol. The summed E-state index contributed by atoms with van der Waals surface area (Å²) < 4.78 is 40.1. The molecule has 4 nitrogen and oxygen atoms in total. The molecule has 1 saturated carbocycles. The van der Waals surface area contributed by atoms with Crippen LogP contribution >= 0.6 is 11.6 Å². The van der Waals surface area contributed by atoms with Gasteiger partial charge in [0.25, 0.3) is 0 Å². The van der Waals surface area contributed by atoms with Crippen LogP contribution in [0.25, 0.3) is 0 Å². The maximum Gasteiger partial charge on any atom is 0.436 e. The zero-order valence-electron chi connectivity index (χ0n) is 12.7. The van der Waals surface area contributed by atoms with Crippen molar-refractivity contribution in [3.8, 4) is 0 Å². The van der Waals surface area contributed by atoms with Gasteiger partial charge in [-0.1, -0.05) is 18.5 Å². The number of rotatable bonds is 5. The van der Waals surface area contributed by atoms with Crippen molar-refractivity contribution < 1.29 is 18.0 Å². The van der Waals surface area contributed by atoms with Crippen LogP contribution in [0.2, 0.25) is 5.02 Å². The van der Waals surface area contributed by atoms with Crippen LogP contribution in [0.5, 0.6) is 0 Å². The highest BCUT2D eigenvalue weighted by molar-refractivity contribution is 6.32. The van der Waals surface area contributed by atoms with E-state index in [1.165, 1.54) is 6.92 Å². The molecule has 1 fully saturated rings. The van der Waals surface area contributed by atoms with Crippen LogP contribution in [0, 0.1) is 0 Å². The second-order valence-corrected chi connectivity index (χ2v) is 6.14. The third-order valence-electron chi connectivity index (χ3n) is 3.87. The number of carbonyl (C=O) groups is 1. The summed E-state index contributed by atoms with van der Waals surface area (Å²) in [5, 5.41) is 5.98. The van der Waals surface area contributed by atoms with Crippen molar-refractivity contribution >= 4 is 17.5 Å². The predicted molar refractivity (Wildman–Crippen MR) is 76.8 cm³/mol. The molecule has 2 atom stereocenters. The van der Waals surface area contributed by atoms with Gasteiger partial charge in [0.15, 0.2) is 5.69 Å². The molecule has 0 saturated heterocycles. The monoisotopic (exact) mass is 337 g/mol. The van der Waals surface area contributed by atoms with E-state index in [2.05, 4.69) is 10.4 Å². The van der Waals surface area contributed by atoms with E-state index in [0.717, 1.165) is 23.9 Å². The van der Waals surface area contributed by atoms with Gasteiger partial charge in [-0.05, 0) is 33.1 Å². The highest BCUT2D eigenvalue weighted by atomic mass is 35.5. The molecule has 0 bridgehead atoms. The van der Waals surface area contributed by atoms with Crippen molar-refractivity contribution in [1.82, 2.24) is 15.1 Å². The van der Waals surface area contributed by atoms with E-state index in [1.54, 1.807) is 0 Å². The fraction of sp³-hybridized carbons (Fsp3) is 0.714. The molecule has 2 rings (SSSR count). The Balaban J connectivity index is 2.35. The number of halogens is 4. The summed E-state index contributed by atoms with van der Waals surface area (Å²) in [7, 11) is 0. The van der Waals surface area contributed by atoms with Gasteiger partial charge in [0.05, 0.1) is 10.7 Å². The Labute approximate surface area is 132 Å². The standard InChI is InChI=1S/C14H19ClF3N3O/c1-4-7(2)19-13(22)8(3)21-11(9-5-6-9)10(15)12(20-21)14(16,17)18/h7-9H,4-6H2,1-3H3,(H,19,22)/t7-,8-/m0/s1. The summed E-state index contributed by atoms with van der Waals surface area (Å²) >= 11 is 5.90. The first-order chi connectivity index (χ1) is 10.2. The average molecular weight is 338 g/mol. The lowest BCUT2D eigenvalue weighted by Gasteiger charge is -2.18. The van der Waals surface area contributed by atoms with E-state index in [9.17, 15) is 18.0 Å². The van der Waals surface area contributed by atoms with Crippen molar-refractivity contribution in [3.63, 3.8) is 0 Å². The maximum absolute atomic E-state index is 13.0. The molecule has 0 aromatic carbocycles. The lowest BCUT2D eigenvalue weighted by Crippen LogP contribution is -2.37. The zero-order chi connectivity index (χ0) is 16.7. The Hall–Kier alpha value is -1.24. The lowest BCUT2D eigenvalue weighted by molar-refractivity contribution is -0.141. The molecule has 8 heteroatoms. The fourth-order valence-electron chi connectivity index (χ4n) is 2.20. The molecule has 0 unspecified atom stereocenters. The van der Waals surface area contributed by atoms with Crippen molar-refractivity contribution in [1.29, 1.82) is 0 Å². The minimum atomic E-state index is -4.63. The first-order valence-corrected chi connectivity index (χ1v) is 7.70. The predicted octanol–water partition coefficient (Wildman–Crippen LogP) is 3.91. The average Bonchev–Trinajstić information content (AvgIpc) is 3.19. The molecule has 22 heavy (non-hydrogen) atoms. The van der Waals surface area contributed by atoms with Gasteiger partial charge in [-0.15, -0.1) is 0 Å². The summed E-state index contributed by atoms with van der Waals surface area (Å²) in [6.45, 7) is 5.29. The molecule has 0 spiro atoms. The van der Waals surface area contributed by atoms with Crippen molar-refractivity contribution in [2.75, 3.05) is 0 Å². The molecule has 1 heterocycles. The Kier molecular flexibility index (Phi) is 4.75. The summed E-state index contributed by atoms with van der Waals surface area (Å²) in [5.74, 6) is -0.404. The first-order valence-electron chi connectivity index (χ1n) is 7.32. The number of carbonyl (C=O) groups excluding carboxylic acids is 1. The van der Waals surface area contributed by atoms with Gasteiger partial charge in [0, 0.05) is 12.0 Å². The number of amides is 1. The Bertz CT molecular complexity index is 566. The van der Waals surface area contributed by atoms with Gasteiger partial charge in [-0.25, -0.2) is 0 Å².